The van der Waals surface area contributed by atoms with Crippen LogP contribution >= 0.6 is 0 Å². The standard InChI is InChI=1S/C28H37N3O3/c32-28(24-10-11-26-27(21-24)34-22-33-26)31(20-19-29-14-4-5-15-29)25-12-17-30(18-13-25)16-6-9-23-7-2-1-3-8-23/h1-3,7-8,10-11,21,25H,4-6,9,12-20,22H2. The summed E-state index contributed by atoms with van der Waals surface area (Å²) >= 11 is 0. The van der Waals surface area contributed by atoms with Crippen LogP contribution in [0.3, 0.4) is 0 Å². The summed E-state index contributed by atoms with van der Waals surface area (Å²) in [6.07, 6.45) is 6.95. The van der Waals surface area contributed by atoms with Crippen LogP contribution in [0.1, 0.15) is 48.0 Å². The predicted molar refractivity (Wildman–Crippen MR) is 134 cm³/mol. The molecule has 0 bridgehead atoms. The normalized spacial score (nSPS) is 18.9. The van der Waals surface area contributed by atoms with Crippen LogP contribution in [0.4, 0.5) is 0 Å². The lowest BCUT2D eigenvalue weighted by Crippen LogP contribution is -2.49. The molecule has 3 aliphatic heterocycles. The SMILES string of the molecule is O=C(c1ccc2c(c1)OCO2)N(CCN1CCCC1)C1CCN(CCCc2ccccc2)CC1. The average molecular weight is 464 g/mol. The first kappa shape index (κ1) is 23.2. The lowest BCUT2D eigenvalue weighted by atomic mass is 10.0. The molecular weight excluding hydrogens is 426 g/mol. The van der Waals surface area contributed by atoms with Gasteiger partial charge in [-0.15, -0.1) is 0 Å². The van der Waals surface area contributed by atoms with Crippen LogP contribution < -0.4 is 9.47 Å². The Morgan fingerprint density at radius 1 is 0.882 bits per heavy atom. The number of amides is 1. The number of hydrogen-bond donors (Lipinski definition) is 0. The molecule has 5 rings (SSSR count). The van der Waals surface area contributed by atoms with Gasteiger partial charge in [0, 0.05) is 37.8 Å². The van der Waals surface area contributed by atoms with Crippen molar-refractivity contribution in [2.75, 3.05) is 52.6 Å². The fourth-order valence-electron chi connectivity index (χ4n) is 5.51. The summed E-state index contributed by atoms with van der Waals surface area (Å²) in [4.78, 5) is 20.9. The Balaban J connectivity index is 1.18. The van der Waals surface area contributed by atoms with Crippen LogP contribution in [0, 0.1) is 0 Å². The molecule has 0 aromatic heterocycles. The van der Waals surface area contributed by atoms with Gasteiger partial charge in [0.2, 0.25) is 6.79 Å². The molecule has 2 aromatic carbocycles. The van der Waals surface area contributed by atoms with E-state index < -0.39 is 0 Å². The lowest BCUT2D eigenvalue weighted by Gasteiger charge is -2.39. The van der Waals surface area contributed by atoms with Gasteiger partial charge < -0.3 is 24.2 Å². The Hall–Kier alpha value is -2.57. The first-order valence-corrected chi connectivity index (χ1v) is 13.0. The summed E-state index contributed by atoms with van der Waals surface area (Å²) < 4.78 is 11.0. The van der Waals surface area contributed by atoms with Gasteiger partial charge in [0.05, 0.1) is 0 Å². The Kier molecular flexibility index (Phi) is 7.66. The van der Waals surface area contributed by atoms with E-state index in [2.05, 4.69) is 45.0 Å². The second-order valence-corrected chi connectivity index (χ2v) is 9.78. The summed E-state index contributed by atoms with van der Waals surface area (Å²) in [5.41, 5.74) is 2.12. The molecule has 182 valence electrons. The highest BCUT2D eigenvalue weighted by molar-refractivity contribution is 5.95. The maximum atomic E-state index is 13.7. The van der Waals surface area contributed by atoms with Gasteiger partial charge in [-0.2, -0.15) is 0 Å². The van der Waals surface area contributed by atoms with Gasteiger partial charge >= 0.3 is 0 Å². The molecule has 2 saturated heterocycles. The van der Waals surface area contributed by atoms with E-state index in [1.165, 1.54) is 24.8 Å². The molecule has 0 radical (unpaired) electrons. The minimum absolute atomic E-state index is 0.125. The molecule has 3 aliphatic rings. The van der Waals surface area contributed by atoms with Gasteiger partial charge in [-0.05, 0) is 81.9 Å². The molecule has 0 aliphatic carbocycles. The molecule has 6 heteroatoms. The molecule has 3 heterocycles. The van der Waals surface area contributed by atoms with Gasteiger partial charge in [0.25, 0.3) is 5.91 Å². The highest BCUT2D eigenvalue weighted by atomic mass is 16.7. The largest absolute Gasteiger partial charge is 0.454 e. The van der Waals surface area contributed by atoms with E-state index in [1.807, 2.05) is 18.2 Å². The number of fused-ring (bicyclic) bond motifs is 1. The molecule has 0 N–H and O–H groups in total. The Morgan fingerprint density at radius 2 is 1.62 bits per heavy atom. The predicted octanol–water partition coefficient (Wildman–Crippen LogP) is 4.05. The number of likely N-dealkylation sites (tertiary alicyclic amines) is 2. The number of aryl methyl sites for hydroxylation is 1. The topological polar surface area (TPSA) is 45.3 Å². The molecule has 34 heavy (non-hydrogen) atoms. The average Bonchev–Trinajstić information content (AvgIpc) is 3.57. The van der Waals surface area contributed by atoms with E-state index in [0.29, 0.717) is 17.4 Å². The zero-order valence-electron chi connectivity index (χ0n) is 20.2. The lowest BCUT2D eigenvalue weighted by molar-refractivity contribution is 0.0547. The molecule has 2 fully saturated rings. The molecule has 6 nitrogen and oxygen atoms in total. The van der Waals surface area contributed by atoms with Crippen LogP contribution in [0.15, 0.2) is 48.5 Å². The van der Waals surface area contributed by atoms with Gasteiger partial charge in [-0.1, -0.05) is 30.3 Å². The van der Waals surface area contributed by atoms with E-state index in [9.17, 15) is 4.79 Å². The van der Waals surface area contributed by atoms with E-state index in [1.54, 1.807) is 0 Å². The maximum Gasteiger partial charge on any atom is 0.254 e. The Labute approximate surface area is 203 Å². The van der Waals surface area contributed by atoms with Crippen LogP contribution in [-0.4, -0.2) is 79.3 Å². The maximum absolute atomic E-state index is 13.7. The summed E-state index contributed by atoms with van der Waals surface area (Å²) in [5.74, 6) is 1.53. The quantitative estimate of drug-likeness (QED) is 0.561. The minimum Gasteiger partial charge on any atom is -0.454 e. The number of carbonyl (C=O) groups excluding carboxylic acids is 1. The van der Waals surface area contributed by atoms with Crippen molar-refractivity contribution >= 4 is 5.91 Å². The molecule has 0 unspecified atom stereocenters. The van der Waals surface area contributed by atoms with Crippen LogP contribution in [-0.2, 0) is 6.42 Å². The van der Waals surface area contributed by atoms with Crippen molar-refractivity contribution in [2.24, 2.45) is 0 Å². The van der Waals surface area contributed by atoms with Crippen molar-refractivity contribution in [2.45, 2.75) is 44.6 Å². The third-order valence-corrected chi connectivity index (χ3v) is 7.52. The van der Waals surface area contributed by atoms with Gasteiger partial charge in [-0.25, -0.2) is 0 Å². The van der Waals surface area contributed by atoms with Crippen molar-refractivity contribution in [3.8, 4) is 11.5 Å². The number of rotatable bonds is 9. The second kappa shape index (κ2) is 11.2. The van der Waals surface area contributed by atoms with E-state index in [0.717, 1.165) is 70.8 Å². The van der Waals surface area contributed by atoms with Crippen molar-refractivity contribution in [3.05, 3.63) is 59.7 Å². The third-order valence-electron chi connectivity index (χ3n) is 7.52. The summed E-state index contributed by atoms with van der Waals surface area (Å²) in [6.45, 7) is 7.57. The molecule has 0 atom stereocenters. The van der Waals surface area contributed by atoms with E-state index in [4.69, 9.17) is 9.47 Å². The van der Waals surface area contributed by atoms with Crippen LogP contribution in [0.5, 0.6) is 11.5 Å². The zero-order chi connectivity index (χ0) is 23.2. The van der Waals surface area contributed by atoms with Crippen LogP contribution in [0.2, 0.25) is 0 Å². The Morgan fingerprint density at radius 3 is 2.41 bits per heavy atom. The van der Waals surface area contributed by atoms with Crippen molar-refractivity contribution in [3.63, 3.8) is 0 Å². The number of hydrogen-bond acceptors (Lipinski definition) is 5. The van der Waals surface area contributed by atoms with E-state index >= 15 is 0 Å². The monoisotopic (exact) mass is 463 g/mol. The van der Waals surface area contributed by atoms with Gasteiger partial charge in [0.15, 0.2) is 11.5 Å². The fraction of sp³-hybridized carbons (Fsp3) is 0.536. The Bertz CT molecular complexity index is 937. The summed E-state index contributed by atoms with van der Waals surface area (Å²) in [5, 5.41) is 0. The highest BCUT2D eigenvalue weighted by Crippen LogP contribution is 2.33. The summed E-state index contributed by atoms with van der Waals surface area (Å²) in [6, 6.07) is 16.6. The fourth-order valence-corrected chi connectivity index (χ4v) is 5.51. The number of nitrogens with zero attached hydrogens (tertiary/aromatic N) is 3. The zero-order valence-corrected chi connectivity index (χ0v) is 20.2. The first-order valence-electron chi connectivity index (χ1n) is 13.0. The highest BCUT2D eigenvalue weighted by Gasteiger charge is 2.30. The van der Waals surface area contributed by atoms with Crippen molar-refractivity contribution in [1.82, 2.24) is 14.7 Å². The second-order valence-electron chi connectivity index (χ2n) is 9.78. The first-order chi connectivity index (χ1) is 16.8. The number of ether oxygens (including phenoxy) is 2. The van der Waals surface area contributed by atoms with E-state index in [-0.39, 0.29) is 12.7 Å². The summed E-state index contributed by atoms with van der Waals surface area (Å²) in [7, 11) is 0. The molecule has 0 saturated carbocycles. The van der Waals surface area contributed by atoms with Crippen LogP contribution in [0.25, 0.3) is 0 Å². The van der Waals surface area contributed by atoms with Crippen molar-refractivity contribution in [1.29, 1.82) is 0 Å². The van der Waals surface area contributed by atoms with Gasteiger partial charge in [0.1, 0.15) is 0 Å². The molecule has 0 spiro atoms. The van der Waals surface area contributed by atoms with Crippen molar-refractivity contribution < 1.29 is 14.3 Å². The third kappa shape index (κ3) is 5.73. The molecule has 2 aromatic rings. The molecular formula is C28H37N3O3. The van der Waals surface area contributed by atoms with Gasteiger partial charge in [-0.3, -0.25) is 4.79 Å². The molecule has 1 amide bonds. The number of benzene rings is 2. The smallest absolute Gasteiger partial charge is 0.254 e. The number of piperidine rings is 1. The number of carbonyl (C=O) groups is 1. The minimum atomic E-state index is 0.125.